The summed E-state index contributed by atoms with van der Waals surface area (Å²) in [6.45, 7) is 5.16. The van der Waals surface area contributed by atoms with E-state index in [0.29, 0.717) is 23.1 Å². The van der Waals surface area contributed by atoms with Crippen LogP contribution in [-0.2, 0) is 10.2 Å². The minimum absolute atomic E-state index is 0.00108. The van der Waals surface area contributed by atoms with Crippen LogP contribution >= 0.6 is 23.2 Å². The first-order chi connectivity index (χ1) is 9.49. The van der Waals surface area contributed by atoms with E-state index in [0.717, 1.165) is 18.4 Å². The van der Waals surface area contributed by atoms with Gasteiger partial charge in [0.15, 0.2) is 0 Å². The second-order valence-corrected chi connectivity index (χ2v) is 5.74. The maximum Gasteiger partial charge on any atom is 0.233 e. The summed E-state index contributed by atoms with van der Waals surface area (Å²) in [6.07, 6.45) is 1.84. The Morgan fingerprint density at radius 2 is 1.85 bits per heavy atom. The minimum atomic E-state index is -0.113. The van der Waals surface area contributed by atoms with Gasteiger partial charge in [0.25, 0.3) is 0 Å². The van der Waals surface area contributed by atoms with Crippen molar-refractivity contribution in [2.75, 3.05) is 20.1 Å². The van der Waals surface area contributed by atoms with Crippen molar-refractivity contribution in [3.8, 4) is 0 Å². The number of nitrogens with one attached hydrogen (secondary N) is 2. The van der Waals surface area contributed by atoms with E-state index in [1.165, 1.54) is 0 Å². The van der Waals surface area contributed by atoms with Gasteiger partial charge in [-0.1, -0.05) is 43.1 Å². The molecule has 0 heterocycles. The van der Waals surface area contributed by atoms with Crippen molar-refractivity contribution in [1.29, 1.82) is 0 Å². The van der Waals surface area contributed by atoms with Crippen molar-refractivity contribution >= 4 is 29.1 Å². The van der Waals surface area contributed by atoms with Gasteiger partial charge in [-0.05, 0) is 37.6 Å². The molecule has 1 amide bonds. The molecule has 5 heteroatoms. The summed E-state index contributed by atoms with van der Waals surface area (Å²) in [5.41, 5.74) is 0.999. The molecule has 0 atom stereocenters. The molecule has 1 aromatic rings. The van der Waals surface area contributed by atoms with Gasteiger partial charge < -0.3 is 10.6 Å². The molecule has 0 bridgehead atoms. The van der Waals surface area contributed by atoms with Crippen LogP contribution in [0.4, 0.5) is 0 Å². The Bertz CT molecular complexity index is 459. The highest BCUT2D eigenvalue weighted by atomic mass is 35.5. The number of carbonyl (C=O) groups is 1. The summed E-state index contributed by atoms with van der Waals surface area (Å²) < 4.78 is 0. The SMILES string of the molecule is CCC(CC)(CNC(=O)CNC)c1ccc(Cl)c(Cl)c1. The molecule has 3 nitrogen and oxygen atoms in total. The molecular weight excluding hydrogens is 295 g/mol. The van der Waals surface area contributed by atoms with Crippen LogP contribution in [0.1, 0.15) is 32.3 Å². The van der Waals surface area contributed by atoms with Crippen LogP contribution in [0.3, 0.4) is 0 Å². The lowest BCUT2D eigenvalue weighted by Gasteiger charge is -2.33. The van der Waals surface area contributed by atoms with E-state index in [1.807, 2.05) is 18.2 Å². The molecule has 0 aliphatic carbocycles. The van der Waals surface area contributed by atoms with Gasteiger partial charge >= 0.3 is 0 Å². The van der Waals surface area contributed by atoms with E-state index in [2.05, 4.69) is 24.5 Å². The predicted molar refractivity (Wildman–Crippen MR) is 85.7 cm³/mol. The highest BCUT2D eigenvalue weighted by Crippen LogP contribution is 2.34. The fourth-order valence-electron chi connectivity index (χ4n) is 2.33. The topological polar surface area (TPSA) is 41.1 Å². The third-order valence-electron chi connectivity index (χ3n) is 3.85. The molecule has 0 aromatic heterocycles. The van der Waals surface area contributed by atoms with Crippen LogP contribution in [0.2, 0.25) is 10.0 Å². The number of halogens is 2. The lowest BCUT2D eigenvalue weighted by atomic mass is 9.76. The van der Waals surface area contributed by atoms with Crippen LogP contribution in [0.5, 0.6) is 0 Å². The van der Waals surface area contributed by atoms with Gasteiger partial charge in [-0.2, -0.15) is 0 Å². The fraction of sp³-hybridized carbons (Fsp3) is 0.533. The molecule has 0 fully saturated rings. The number of benzene rings is 1. The highest BCUT2D eigenvalue weighted by Gasteiger charge is 2.29. The normalized spacial score (nSPS) is 11.4. The predicted octanol–water partition coefficient (Wildman–Crippen LogP) is 3.39. The molecule has 0 aliphatic heterocycles. The lowest BCUT2D eigenvalue weighted by molar-refractivity contribution is -0.120. The molecule has 0 aliphatic rings. The second-order valence-electron chi connectivity index (χ2n) is 4.92. The number of hydrogen-bond acceptors (Lipinski definition) is 2. The zero-order valence-corrected chi connectivity index (χ0v) is 13.7. The first-order valence-corrected chi connectivity index (χ1v) is 7.61. The molecule has 0 unspecified atom stereocenters. The fourth-order valence-corrected chi connectivity index (χ4v) is 2.63. The third-order valence-corrected chi connectivity index (χ3v) is 4.59. The summed E-state index contributed by atoms with van der Waals surface area (Å²) in [5, 5.41) is 6.93. The molecule has 0 radical (unpaired) electrons. The molecule has 1 aromatic carbocycles. The maximum absolute atomic E-state index is 11.7. The largest absolute Gasteiger partial charge is 0.354 e. The number of likely N-dealkylation sites (N-methyl/N-ethyl adjacent to an activating group) is 1. The van der Waals surface area contributed by atoms with E-state index in [4.69, 9.17) is 23.2 Å². The van der Waals surface area contributed by atoms with Gasteiger partial charge in [-0.3, -0.25) is 4.79 Å². The van der Waals surface area contributed by atoms with Crippen LogP contribution < -0.4 is 10.6 Å². The van der Waals surface area contributed by atoms with E-state index < -0.39 is 0 Å². The average Bonchev–Trinajstić information content (AvgIpc) is 2.44. The van der Waals surface area contributed by atoms with Crippen molar-refractivity contribution in [2.24, 2.45) is 0 Å². The van der Waals surface area contributed by atoms with Crippen molar-refractivity contribution < 1.29 is 4.79 Å². The number of hydrogen-bond donors (Lipinski definition) is 2. The Hall–Kier alpha value is -0.770. The monoisotopic (exact) mass is 316 g/mol. The maximum atomic E-state index is 11.7. The molecule has 1 rings (SSSR count). The third kappa shape index (κ3) is 4.11. The molecular formula is C15H22Cl2N2O. The zero-order valence-electron chi connectivity index (χ0n) is 12.2. The van der Waals surface area contributed by atoms with E-state index >= 15 is 0 Å². The van der Waals surface area contributed by atoms with Crippen LogP contribution in [0, 0.1) is 0 Å². The van der Waals surface area contributed by atoms with Crippen molar-refractivity contribution in [1.82, 2.24) is 10.6 Å². The summed E-state index contributed by atoms with van der Waals surface area (Å²) in [6, 6.07) is 5.71. The Kier molecular flexibility index (Phi) is 6.80. The van der Waals surface area contributed by atoms with Crippen molar-refractivity contribution in [2.45, 2.75) is 32.1 Å². The van der Waals surface area contributed by atoms with Crippen molar-refractivity contribution in [3.05, 3.63) is 33.8 Å². The van der Waals surface area contributed by atoms with Gasteiger partial charge in [0.2, 0.25) is 5.91 Å². The smallest absolute Gasteiger partial charge is 0.233 e. The number of amides is 1. The first-order valence-electron chi connectivity index (χ1n) is 6.86. The minimum Gasteiger partial charge on any atom is -0.354 e. The van der Waals surface area contributed by atoms with Gasteiger partial charge in [-0.15, -0.1) is 0 Å². The quantitative estimate of drug-likeness (QED) is 0.809. The summed E-state index contributed by atoms with van der Waals surface area (Å²) >= 11 is 12.1. The average molecular weight is 317 g/mol. The van der Waals surface area contributed by atoms with Gasteiger partial charge in [-0.25, -0.2) is 0 Å². The molecule has 20 heavy (non-hydrogen) atoms. The van der Waals surface area contributed by atoms with Gasteiger partial charge in [0.05, 0.1) is 16.6 Å². The molecule has 112 valence electrons. The van der Waals surface area contributed by atoms with Crippen LogP contribution in [-0.4, -0.2) is 26.0 Å². The van der Waals surface area contributed by atoms with E-state index in [1.54, 1.807) is 7.05 Å². The standard InChI is InChI=1S/C15H22Cl2N2O/c1-4-15(5-2,10-19-14(20)9-18-3)11-6-7-12(16)13(17)8-11/h6-8,18H,4-5,9-10H2,1-3H3,(H,19,20). The molecule has 0 saturated carbocycles. The molecule has 0 saturated heterocycles. The summed E-state index contributed by atoms with van der Waals surface area (Å²) in [5.74, 6) is -0.00108. The zero-order chi connectivity index (χ0) is 15.2. The summed E-state index contributed by atoms with van der Waals surface area (Å²) in [4.78, 5) is 11.7. The van der Waals surface area contributed by atoms with Crippen LogP contribution in [0.15, 0.2) is 18.2 Å². The summed E-state index contributed by atoms with van der Waals surface area (Å²) in [7, 11) is 1.76. The van der Waals surface area contributed by atoms with Crippen molar-refractivity contribution in [3.63, 3.8) is 0 Å². The molecule has 0 spiro atoms. The van der Waals surface area contributed by atoms with E-state index in [9.17, 15) is 4.79 Å². The first kappa shape index (κ1) is 17.3. The number of rotatable bonds is 7. The van der Waals surface area contributed by atoms with Gasteiger partial charge in [0.1, 0.15) is 0 Å². The van der Waals surface area contributed by atoms with Crippen LogP contribution in [0.25, 0.3) is 0 Å². The Balaban J connectivity index is 2.95. The number of carbonyl (C=O) groups excluding carboxylic acids is 1. The van der Waals surface area contributed by atoms with Gasteiger partial charge in [0, 0.05) is 12.0 Å². The Morgan fingerprint density at radius 1 is 1.20 bits per heavy atom. The molecule has 2 N–H and O–H groups in total. The Labute approximate surface area is 131 Å². The lowest BCUT2D eigenvalue weighted by Crippen LogP contribution is -2.42. The van der Waals surface area contributed by atoms with E-state index in [-0.39, 0.29) is 11.3 Å². The highest BCUT2D eigenvalue weighted by molar-refractivity contribution is 6.42. The second kappa shape index (κ2) is 7.87. The Morgan fingerprint density at radius 3 is 2.35 bits per heavy atom.